The molecule has 0 unspecified atom stereocenters. The van der Waals surface area contributed by atoms with Crippen molar-refractivity contribution in [2.75, 3.05) is 0 Å². The molecule has 1 N–H and O–H groups in total. The van der Waals surface area contributed by atoms with Gasteiger partial charge in [-0.25, -0.2) is 4.98 Å². The second-order valence-corrected chi connectivity index (χ2v) is 5.81. The van der Waals surface area contributed by atoms with E-state index >= 15 is 0 Å². The lowest BCUT2D eigenvalue weighted by molar-refractivity contribution is 0.427. The van der Waals surface area contributed by atoms with E-state index in [4.69, 9.17) is 27.7 Å². The van der Waals surface area contributed by atoms with E-state index in [2.05, 4.69) is 20.1 Å². The topological polar surface area (TPSA) is 67.6 Å². The van der Waals surface area contributed by atoms with E-state index in [9.17, 15) is 0 Å². The van der Waals surface area contributed by atoms with Gasteiger partial charge in [0.25, 0.3) is 0 Å². The molecule has 7 heteroatoms. The highest BCUT2D eigenvalue weighted by molar-refractivity contribution is 6.43. The molecule has 0 aliphatic heterocycles. The molecule has 0 bridgehead atoms. The number of benzene rings is 1. The normalized spacial score (nSPS) is 11.3. The number of aryl methyl sites for hydroxylation is 1. The Labute approximate surface area is 141 Å². The van der Waals surface area contributed by atoms with Gasteiger partial charge < -0.3 is 9.51 Å². The van der Waals surface area contributed by atoms with Crippen LogP contribution in [0.2, 0.25) is 10.0 Å². The predicted molar refractivity (Wildman–Crippen MR) is 89.6 cm³/mol. The number of aromatic amines is 1. The van der Waals surface area contributed by atoms with E-state index in [1.807, 2.05) is 19.1 Å². The summed E-state index contributed by atoms with van der Waals surface area (Å²) in [5, 5.41) is 5.03. The quantitative estimate of drug-likeness (QED) is 0.561. The molecule has 0 aliphatic rings. The molecule has 1 aromatic carbocycles. The van der Waals surface area contributed by atoms with Gasteiger partial charge in [0.2, 0.25) is 0 Å². The van der Waals surface area contributed by atoms with E-state index < -0.39 is 0 Å². The van der Waals surface area contributed by atoms with E-state index in [1.165, 1.54) is 0 Å². The largest absolute Gasteiger partial charge is 0.355 e. The third-order valence-electron chi connectivity index (χ3n) is 3.63. The average molecular weight is 345 g/mol. The summed E-state index contributed by atoms with van der Waals surface area (Å²) in [6.07, 6.45) is 5.06. The highest BCUT2D eigenvalue weighted by Gasteiger charge is 2.22. The molecule has 5 nitrogen and oxygen atoms in total. The van der Waals surface area contributed by atoms with Crippen molar-refractivity contribution in [2.24, 2.45) is 0 Å². The molecule has 23 heavy (non-hydrogen) atoms. The van der Waals surface area contributed by atoms with Gasteiger partial charge in [-0.15, -0.1) is 0 Å². The molecule has 0 saturated heterocycles. The summed E-state index contributed by atoms with van der Waals surface area (Å²) in [6, 6.07) is 5.47. The van der Waals surface area contributed by atoms with Crippen molar-refractivity contribution in [3.8, 4) is 22.5 Å². The number of hydrogen-bond donors (Lipinski definition) is 1. The molecule has 0 radical (unpaired) electrons. The van der Waals surface area contributed by atoms with Crippen molar-refractivity contribution in [3.63, 3.8) is 0 Å². The fraction of sp³-hybridized carbons (Fsp3) is 0.0625. The zero-order valence-corrected chi connectivity index (χ0v) is 13.5. The number of hydrogen-bond acceptors (Lipinski definition) is 4. The number of halogens is 2. The molecular weight excluding hydrogens is 335 g/mol. The van der Waals surface area contributed by atoms with E-state index in [0.29, 0.717) is 27.0 Å². The van der Waals surface area contributed by atoms with Crippen LogP contribution in [-0.4, -0.2) is 20.1 Å². The monoisotopic (exact) mass is 344 g/mol. The second kappa shape index (κ2) is 5.37. The van der Waals surface area contributed by atoms with Crippen LogP contribution in [0.15, 0.2) is 41.3 Å². The number of aromatic nitrogens is 4. The van der Waals surface area contributed by atoms with Crippen LogP contribution in [0.5, 0.6) is 0 Å². The zero-order chi connectivity index (χ0) is 16.0. The summed E-state index contributed by atoms with van der Waals surface area (Å²) >= 11 is 12.5. The zero-order valence-electron chi connectivity index (χ0n) is 12.0. The fourth-order valence-corrected chi connectivity index (χ4v) is 2.99. The molecule has 4 aromatic rings. The average Bonchev–Trinajstić information content (AvgIpc) is 3.14. The summed E-state index contributed by atoms with van der Waals surface area (Å²) < 4.78 is 5.56. The van der Waals surface area contributed by atoms with Crippen LogP contribution < -0.4 is 0 Å². The Balaban J connectivity index is 2.01. The molecule has 0 amide bonds. The van der Waals surface area contributed by atoms with Crippen molar-refractivity contribution in [1.82, 2.24) is 20.1 Å². The molecule has 0 fully saturated rings. The Morgan fingerprint density at radius 1 is 1.09 bits per heavy atom. The van der Waals surface area contributed by atoms with Gasteiger partial charge in [-0.3, -0.25) is 4.98 Å². The maximum atomic E-state index is 6.37. The molecule has 3 aromatic heterocycles. The first kappa shape index (κ1) is 14.2. The predicted octanol–water partition coefficient (Wildman–Crippen LogP) is 4.90. The van der Waals surface area contributed by atoms with Crippen LogP contribution >= 0.6 is 23.2 Å². The van der Waals surface area contributed by atoms with Gasteiger partial charge in [-0.2, -0.15) is 0 Å². The Kier molecular flexibility index (Phi) is 3.32. The van der Waals surface area contributed by atoms with Crippen molar-refractivity contribution in [1.29, 1.82) is 0 Å². The van der Waals surface area contributed by atoms with Crippen LogP contribution in [0.1, 0.15) is 5.69 Å². The van der Waals surface area contributed by atoms with Crippen LogP contribution in [0, 0.1) is 6.92 Å². The molecule has 0 saturated carbocycles. The number of rotatable bonds is 2. The van der Waals surface area contributed by atoms with Crippen LogP contribution in [0.25, 0.3) is 33.6 Å². The maximum Gasteiger partial charge on any atom is 0.178 e. The van der Waals surface area contributed by atoms with Crippen LogP contribution in [-0.2, 0) is 0 Å². The standard InChI is InChI=1S/C16H10Cl2N4O/c1-8-12(9-3-2-4-11(17)13(9)18)15(23-22-8)10-7-21-16-14(10)19-5-6-20-16/h2-7H,1H3,(H,20,21). The maximum absolute atomic E-state index is 6.37. The smallest absolute Gasteiger partial charge is 0.178 e. The van der Waals surface area contributed by atoms with Gasteiger partial charge in [0.1, 0.15) is 5.52 Å². The number of fused-ring (bicyclic) bond motifs is 1. The first-order valence-electron chi connectivity index (χ1n) is 6.86. The summed E-state index contributed by atoms with van der Waals surface area (Å²) in [4.78, 5) is 11.7. The van der Waals surface area contributed by atoms with E-state index in [0.717, 1.165) is 22.4 Å². The summed E-state index contributed by atoms with van der Waals surface area (Å²) in [6.45, 7) is 1.86. The summed E-state index contributed by atoms with van der Waals surface area (Å²) in [5.41, 5.74) is 4.46. The molecule has 3 heterocycles. The van der Waals surface area contributed by atoms with Gasteiger partial charge in [0, 0.05) is 24.2 Å². The van der Waals surface area contributed by atoms with Crippen LogP contribution in [0.3, 0.4) is 0 Å². The first-order chi connectivity index (χ1) is 11.2. The molecule has 0 spiro atoms. The Morgan fingerprint density at radius 3 is 2.78 bits per heavy atom. The summed E-state index contributed by atoms with van der Waals surface area (Å²) in [5.74, 6) is 0.582. The highest BCUT2D eigenvalue weighted by atomic mass is 35.5. The van der Waals surface area contributed by atoms with Gasteiger partial charge in [0.05, 0.1) is 26.9 Å². The third kappa shape index (κ3) is 2.20. The highest BCUT2D eigenvalue weighted by Crippen LogP contribution is 2.41. The molecule has 4 rings (SSSR count). The van der Waals surface area contributed by atoms with Gasteiger partial charge >= 0.3 is 0 Å². The number of nitrogens with one attached hydrogen (secondary N) is 1. The van der Waals surface area contributed by atoms with Crippen molar-refractivity contribution in [3.05, 3.63) is 52.5 Å². The molecular formula is C16H10Cl2N4O. The lowest BCUT2D eigenvalue weighted by Gasteiger charge is -2.06. The minimum atomic E-state index is 0.465. The molecule has 0 atom stereocenters. The fourth-order valence-electron chi connectivity index (χ4n) is 2.59. The van der Waals surface area contributed by atoms with Gasteiger partial charge in [-0.05, 0) is 13.0 Å². The molecule has 114 valence electrons. The van der Waals surface area contributed by atoms with Gasteiger partial charge in [0.15, 0.2) is 11.4 Å². The number of H-pyrrole nitrogens is 1. The lowest BCUT2D eigenvalue weighted by atomic mass is 10.0. The van der Waals surface area contributed by atoms with Crippen molar-refractivity contribution < 1.29 is 4.52 Å². The van der Waals surface area contributed by atoms with E-state index in [1.54, 1.807) is 24.7 Å². The SMILES string of the molecule is Cc1noc(-c2c[nH]c3nccnc23)c1-c1cccc(Cl)c1Cl. The molecule has 0 aliphatic carbocycles. The van der Waals surface area contributed by atoms with Crippen molar-refractivity contribution >= 4 is 34.4 Å². The Hall–Kier alpha value is -2.37. The first-order valence-corrected chi connectivity index (χ1v) is 7.61. The van der Waals surface area contributed by atoms with Gasteiger partial charge in [-0.1, -0.05) is 40.5 Å². The minimum absolute atomic E-state index is 0.465. The summed E-state index contributed by atoms with van der Waals surface area (Å²) in [7, 11) is 0. The van der Waals surface area contributed by atoms with Crippen LogP contribution in [0.4, 0.5) is 0 Å². The third-order valence-corrected chi connectivity index (χ3v) is 4.45. The second-order valence-electron chi connectivity index (χ2n) is 5.03. The number of nitrogens with zero attached hydrogens (tertiary/aromatic N) is 3. The minimum Gasteiger partial charge on any atom is -0.355 e. The van der Waals surface area contributed by atoms with Crippen molar-refractivity contribution in [2.45, 2.75) is 6.92 Å². The Bertz CT molecular complexity index is 1020. The van der Waals surface area contributed by atoms with E-state index in [-0.39, 0.29) is 0 Å². The Morgan fingerprint density at radius 2 is 1.91 bits per heavy atom. The lowest BCUT2D eigenvalue weighted by Crippen LogP contribution is -1.86.